The van der Waals surface area contributed by atoms with Crippen molar-refractivity contribution >= 4 is 6.29 Å². The van der Waals surface area contributed by atoms with Gasteiger partial charge in [0.2, 0.25) is 0 Å². The maximum atomic E-state index is 13.4. The molecule has 0 bridgehead atoms. The molecule has 0 unspecified atom stereocenters. The minimum Gasteiger partial charge on any atom is -0.318 e. The van der Waals surface area contributed by atoms with Gasteiger partial charge in [-0.2, -0.15) is 0 Å². The SMILES string of the molecule is Cc1cc(F)cc(-n2c(C)cc(C=O)c2C)c1. The van der Waals surface area contributed by atoms with Crippen LogP contribution >= 0.6 is 0 Å². The van der Waals surface area contributed by atoms with Gasteiger partial charge in [0, 0.05) is 22.6 Å². The third-order valence-corrected chi connectivity index (χ3v) is 2.88. The van der Waals surface area contributed by atoms with E-state index in [1.165, 1.54) is 12.1 Å². The van der Waals surface area contributed by atoms with Crippen LogP contribution in [0.2, 0.25) is 0 Å². The van der Waals surface area contributed by atoms with Gasteiger partial charge in [0.1, 0.15) is 5.82 Å². The summed E-state index contributed by atoms with van der Waals surface area (Å²) in [6.45, 7) is 5.61. The number of hydrogen-bond donors (Lipinski definition) is 0. The molecule has 0 radical (unpaired) electrons. The van der Waals surface area contributed by atoms with Crippen LogP contribution in [-0.2, 0) is 0 Å². The number of carbonyl (C=O) groups excluding carboxylic acids is 1. The Bertz CT molecular complexity index is 564. The van der Waals surface area contributed by atoms with Crippen LogP contribution in [0.3, 0.4) is 0 Å². The molecule has 0 aliphatic carbocycles. The Morgan fingerprint density at radius 1 is 1.12 bits per heavy atom. The fraction of sp³-hybridized carbons (Fsp3) is 0.214. The number of nitrogens with zero attached hydrogens (tertiary/aromatic N) is 1. The molecule has 17 heavy (non-hydrogen) atoms. The van der Waals surface area contributed by atoms with E-state index >= 15 is 0 Å². The number of aryl methyl sites for hydroxylation is 2. The van der Waals surface area contributed by atoms with Crippen molar-refractivity contribution in [2.24, 2.45) is 0 Å². The molecular formula is C14H14FNO. The topological polar surface area (TPSA) is 22.0 Å². The molecule has 2 rings (SSSR count). The van der Waals surface area contributed by atoms with Gasteiger partial charge < -0.3 is 4.57 Å². The van der Waals surface area contributed by atoms with Gasteiger partial charge in [-0.05, 0) is 50.6 Å². The molecule has 0 fully saturated rings. The maximum Gasteiger partial charge on any atom is 0.151 e. The van der Waals surface area contributed by atoms with Crippen molar-refractivity contribution in [2.45, 2.75) is 20.8 Å². The van der Waals surface area contributed by atoms with Gasteiger partial charge in [-0.15, -0.1) is 0 Å². The highest BCUT2D eigenvalue weighted by atomic mass is 19.1. The van der Waals surface area contributed by atoms with E-state index in [1.807, 2.05) is 37.5 Å². The molecule has 3 heteroatoms. The van der Waals surface area contributed by atoms with E-state index in [4.69, 9.17) is 0 Å². The van der Waals surface area contributed by atoms with E-state index in [-0.39, 0.29) is 5.82 Å². The van der Waals surface area contributed by atoms with Gasteiger partial charge in [-0.25, -0.2) is 4.39 Å². The average molecular weight is 231 g/mol. The van der Waals surface area contributed by atoms with Crippen molar-refractivity contribution in [1.29, 1.82) is 0 Å². The summed E-state index contributed by atoms with van der Waals surface area (Å²) in [5, 5.41) is 0. The number of aldehydes is 1. The van der Waals surface area contributed by atoms with Gasteiger partial charge in [-0.1, -0.05) is 0 Å². The number of aromatic nitrogens is 1. The molecule has 88 valence electrons. The van der Waals surface area contributed by atoms with E-state index in [0.717, 1.165) is 28.9 Å². The highest BCUT2D eigenvalue weighted by molar-refractivity contribution is 5.77. The van der Waals surface area contributed by atoms with Gasteiger partial charge in [0.15, 0.2) is 6.29 Å². The summed E-state index contributed by atoms with van der Waals surface area (Å²) in [5.74, 6) is -0.264. The maximum absolute atomic E-state index is 13.4. The van der Waals surface area contributed by atoms with Crippen molar-refractivity contribution in [3.8, 4) is 5.69 Å². The molecule has 0 atom stereocenters. The smallest absolute Gasteiger partial charge is 0.151 e. The molecule has 0 amide bonds. The number of carbonyl (C=O) groups is 1. The molecule has 1 heterocycles. The Balaban J connectivity index is 2.67. The van der Waals surface area contributed by atoms with Crippen molar-refractivity contribution in [2.75, 3.05) is 0 Å². The number of hydrogen-bond acceptors (Lipinski definition) is 1. The summed E-state index contributed by atoms with van der Waals surface area (Å²) in [4.78, 5) is 10.9. The zero-order valence-corrected chi connectivity index (χ0v) is 10.1. The van der Waals surface area contributed by atoms with Crippen LogP contribution in [0, 0.1) is 26.6 Å². The number of rotatable bonds is 2. The standard InChI is InChI=1S/C14H14FNO/c1-9-4-13(15)7-14(5-9)16-10(2)6-12(8-17)11(16)3/h4-8H,1-3H3. The van der Waals surface area contributed by atoms with Crippen molar-refractivity contribution < 1.29 is 9.18 Å². The molecule has 0 aliphatic rings. The van der Waals surface area contributed by atoms with Crippen LogP contribution in [0.1, 0.15) is 27.3 Å². The predicted molar refractivity (Wildman–Crippen MR) is 65.3 cm³/mol. The molecule has 2 nitrogen and oxygen atoms in total. The van der Waals surface area contributed by atoms with E-state index in [1.54, 1.807) is 0 Å². The largest absolute Gasteiger partial charge is 0.318 e. The third-order valence-electron chi connectivity index (χ3n) is 2.88. The average Bonchev–Trinajstić information content (AvgIpc) is 2.52. The highest BCUT2D eigenvalue weighted by Crippen LogP contribution is 2.21. The predicted octanol–water partition coefficient (Wildman–Crippen LogP) is 3.35. The summed E-state index contributed by atoms with van der Waals surface area (Å²) in [5.41, 5.74) is 4.02. The minimum atomic E-state index is -0.264. The minimum absolute atomic E-state index is 0.264. The second-order valence-electron chi connectivity index (χ2n) is 4.27. The van der Waals surface area contributed by atoms with Crippen LogP contribution in [0.25, 0.3) is 5.69 Å². The summed E-state index contributed by atoms with van der Waals surface area (Å²) >= 11 is 0. The lowest BCUT2D eigenvalue weighted by Crippen LogP contribution is -2.00. The van der Waals surface area contributed by atoms with E-state index in [2.05, 4.69) is 0 Å². The zero-order valence-electron chi connectivity index (χ0n) is 10.1. The summed E-state index contributed by atoms with van der Waals surface area (Å²) in [6, 6.07) is 6.67. The van der Waals surface area contributed by atoms with Crippen molar-refractivity contribution in [1.82, 2.24) is 4.57 Å². The van der Waals surface area contributed by atoms with E-state index < -0.39 is 0 Å². The van der Waals surface area contributed by atoms with Crippen molar-refractivity contribution in [3.05, 3.63) is 52.6 Å². The molecule has 0 saturated carbocycles. The first kappa shape index (κ1) is 11.6. The Kier molecular flexibility index (Phi) is 2.84. The molecule has 0 spiro atoms. The Labute approximate surface area is 99.7 Å². The second-order valence-corrected chi connectivity index (χ2v) is 4.27. The zero-order chi connectivity index (χ0) is 12.6. The first-order valence-corrected chi connectivity index (χ1v) is 5.44. The van der Waals surface area contributed by atoms with Crippen LogP contribution in [0.4, 0.5) is 4.39 Å². The van der Waals surface area contributed by atoms with Crippen LogP contribution < -0.4 is 0 Å². The highest BCUT2D eigenvalue weighted by Gasteiger charge is 2.10. The normalized spacial score (nSPS) is 10.6. The van der Waals surface area contributed by atoms with Crippen molar-refractivity contribution in [3.63, 3.8) is 0 Å². The molecule has 1 aromatic heterocycles. The van der Waals surface area contributed by atoms with E-state index in [9.17, 15) is 9.18 Å². The molecule has 0 aliphatic heterocycles. The van der Waals surface area contributed by atoms with Gasteiger partial charge >= 0.3 is 0 Å². The fourth-order valence-electron chi connectivity index (χ4n) is 2.15. The molecule has 0 N–H and O–H groups in total. The molecule has 2 aromatic rings. The second kappa shape index (κ2) is 4.17. The summed E-state index contributed by atoms with van der Waals surface area (Å²) in [6.07, 6.45) is 0.824. The lowest BCUT2D eigenvalue weighted by molar-refractivity contribution is 0.112. The lowest BCUT2D eigenvalue weighted by atomic mass is 10.2. The molecular weight excluding hydrogens is 217 g/mol. The quantitative estimate of drug-likeness (QED) is 0.726. The lowest BCUT2D eigenvalue weighted by Gasteiger charge is -2.10. The Morgan fingerprint density at radius 2 is 1.82 bits per heavy atom. The summed E-state index contributed by atoms with van der Waals surface area (Å²) < 4.78 is 15.3. The Morgan fingerprint density at radius 3 is 2.35 bits per heavy atom. The van der Waals surface area contributed by atoms with Gasteiger partial charge in [-0.3, -0.25) is 4.79 Å². The molecule has 1 aromatic carbocycles. The number of halogens is 1. The fourth-order valence-corrected chi connectivity index (χ4v) is 2.15. The third kappa shape index (κ3) is 2.00. The number of benzene rings is 1. The Hall–Kier alpha value is -1.90. The van der Waals surface area contributed by atoms with E-state index in [0.29, 0.717) is 5.56 Å². The molecule has 0 saturated heterocycles. The van der Waals surface area contributed by atoms with Crippen LogP contribution in [-0.4, -0.2) is 10.9 Å². The monoisotopic (exact) mass is 231 g/mol. The first-order chi connectivity index (χ1) is 8.02. The van der Waals surface area contributed by atoms with Gasteiger partial charge in [0.25, 0.3) is 0 Å². The van der Waals surface area contributed by atoms with Crippen LogP contribution in [0.15, 0.2) is 24.3 Å². The van der Waals surface area contributed by atoms with Gasteiger partial charge in [0.05, 0.1) is 0 Å². The first-order valence-electron chi connectivity index (χ1n) is 5.44. The summed E-state index contributed by atoms with van der Waals surface area (Å²) in [7, 11) is 0. The van der Waals surface area contributed by atoms with Crippen LogP contribution in [0.5, 0.6) is 0 Å².